The number of carboxylic acid groups (broad SMARTS) is 1. The minimum absolute atomic E-state index is 0.00282. The summed E-state index contributed by atoms with van der Waals surface area (Å²) in [5.41, 5.74) is 11.6. The molecule has 0 saturated carbocycles. The molecule has 168 valence electrons. The number of rotatable bonds is 8. The molecule has 1 heterocycles. The van der Waals surface area contributed by atoms with Gasteiger partial charge >= 0.3 is 5.97 Å². The molecule has 0 radical (unpaired) electrons. The van der Waals surface area contributed by atoms with Crippen LogP contribution in [0.1, 0.15) is 43.6 Å². The highest BCUT2D eigenvalue weighted by Gasteiger charge is 2.37. The molecule has 1 fully saturated rings. The zero-order valence-electron chi connectivity index (χ0n) is 18.9. The monoisotopic (exact) mass is 433 g/mol. The molecule has 1 saturated heterocycles. The lowest BCUT2D eigenvalue weighted by atomic mass is 9.94. The predicted molar refractivity (Wildman–Crippen MR) is 127 cm³/mol. The summed E-state index contributed by atoms with van der Waals surface area (Å²) in [7, 11) is 0. The van der Waals surface area contributed by atoms with Gasteiger partial charge in [0.25, 0.3) is 0 Å². The van der Waals surface area contributed by atoms with Crippen LogP contribution in [0.5, 0.6) is 0 Å². The van der Waals surface area contributed by atoms with E-state index in [2.05, 4.69) is 31.0 Å². The summed E-state index contributed by atoms with van der Waals surface area (Å²) in [6.45, 7) is 6.60. The second-order valence-corrected chi connectivity index (χ2v) is 8.63. The molecule has 1 aliphatic heterocycles. The summed E-state index contributed by atoms with van der Waals surface area (Å²) in [4.78, 5) is 29.6. The first-order valence-electron chi connectivity index (χ1n) is 10.9. The molecule has 2 atom stereocenters. The van der Waals surface area contributed by atoms with Gasteiger partial charge in [-0.2, -0.15) is 0 Å². The van der Waals surface area contributed by atoms with Crippen LogP contribution in [0.25, 0.3) is 5.57 Å². The molecule has 32 heavy (non-hydrogen) atoms. The van der Waals surface area contributed by atoms with Crippen molar-refractivity contribution in [3.8, 4) is 0 Å². The molecule has 0 bridgehead atoms. The van der Waals surface area contributed by atoms with E-state index in [0.29, 0.717) is 19.5 Å². The van der Waals surface area contributed by atoms with E-state index >= 15 is 0 Å². The van der Waals surface area contributed by atoms with Gasteiger partial charge in [-0.3, -0.25) is 14.6 Å². The van der Waals surface area contributed by atoms with Crippen molar-refractivity contribution in [2.45, 2.75) is 33.4 Å². The number of carboxylic acids is 1. The van der Waals surface area contributed by atoms with Gasteiger partial charge in [-0.15, -0.1) is 0 Å². The van der Waals surface area contributed by atoms with E-state index in [1.165, 1.54) is 0 Å². The van der Waals surface area contributed by atoms with Gasteiger partial charge in [0.15, 0.2) is 0 Å². The molecular weight excluding hydrogens is 402 g/mol. The molecule has 6 heteroatoms. The lowest BCUT2D eigenvalue weighted by Gasteiger charge is -2.38. The second kappa shape index (κ2) is 10.4. The average molecular weight is 434 g/mol. The number of aliphatic imine (C=N–C) groups is 1. The summed E-state index contributed by atoms with van der Waals surface area (Å²) >= 11 is 0. The molecule has 2 aromatic rings. The Bertz CT molecular complexity index is 1000. The number of hydrogen-bond acceptors (Lipinski definition) is 4. The number of benzene rings is 2. The van der Waals surface area contributed by atoms with E-state index in [1.54, 1.807) is 4.90 Å². The number of allylic oxidation sites excluding steroid dienone is 2. The third kappa shape index (κ3) is 5.71. The topological polar surface area (TPSA) is 96.0 Å². The van der Waals surface area contributed by atoms with Crippen LogP contribution in [0.4, 0.5) is 0 Å². The van der Waals surface area contributed by atoms with Gasteiger partial charge in [-0.25, -0.2) is 0 Å². The number of carbonyl (C=O) groups excluding carboxylic acids is 1. The normalized spacial score (nSPS) is 15.8. The van der Waals surface area contributed by atoms with Gasteiger partial charge in [-0.05, 0) is 42.5 Å². The first-order chi connectivity index (χ1) is 15.3. The maximum atomic E-state index is 12.5. The Labute approximate surface area is 189 Å². The van der Waals surface area contributed by atoms with E-state index < -0.39 is 18.1 Å². The van der Waals surface area contributed by atoms with Gasteiger partial charge in [0.1, 0.15) is 6.17 Å². The molecule has 0 aliphatic carbocycles. The fourth-order valence-corrected chi connectivity index (χ4v) is 3.77. The number of carbonyl (C=O) groups is 2. The Balaban J connectivity index is 1.59. The number of aliphatic carboxylic acids is 1. The van der Waals surface area contributed by atoms with Gasteiger partial charge in [0, 0.05) is 25.2 Å². The number of nitrogens with zero attached hydrogens (tertiary/aromatic N) is 2. The van der Waals surface area contributed by atoms with Crippen molar-refractivity contribution in [2.75, 3.05) is 13.1 Å². The molecule has 0 aromatic heterocycles. The van der Waals surface area contributed by atoms with E-state index in [-0.39, 0.29) is 11.8 Å². The molecule has 1 unspecified atom stereocenters. The van der Waals surface area contributed by atoms with Gasteiger partial charge in [0.2, 0.25) is 5.91 Å². The number of nitrogens with two attached hydrogens (primary N) is 1. The number of amides is 1. The minimum Gasteiger partial charge on any atom is -0.481 e. The maximum absolute atomic E-state index is 12.5. The van der Waals surface area contributed by atoms with Gasteiger partial charge in [0.05, 0.1) is 5.92 Å². The molecule has 6 nitrogen and oxygen atoms in total. The minimum atomic E-state index is -0.836. The first kappa shape index (κ1) is 23.4. The average Bonchev–Trinajstić information content (AvgIpc) is 2.73. The Morgan fingerprint density at radius 2 is 1.75 bits per heavy atom. The van der Waals surface area contributed by atoms with Crippen molar-refractivity contribution in [3.63, 3.8) is 0 Å². The zero-order valence-corrected chi connectivity index (χ0v) is 18.9. The van der Waals surface area contributed by atoms with Crippen molar-refractivity contribution < 1.29 is 14.7 Å². The van der Waals surface area contributed by atoms with E-state index in [0.717, 1.165) is 27.8 Å². The molecular formula is C26H31N3O3. The van der Waals surface area contributed by atoms with Crippen LogP contribution >= 0.6 is 0 Å². The van der Waals surface area contributed by atoms with Crippen LogP contribution < -0.4 is 5.73 Å². The molecule has 1 amide bonds. The highest BCUT2D eigenvalue weighted by molar-refractivity contribution is 6.10. The molecule has 2 aromatic carbocycles. The largest absolute Gasteiger partial charge is 0.481 e. The van der Waals surface area contributed by atoms with Crippen molar-refractivity contribution in [2.24, 2.45) is 22.6 Å². The maximum Gasteiger partial charge on any atom is 0.310 e. The smallest absolute Gasteiger partial charge is 0.310 e. The summed E-state index contributed by atoms with van der Waals surface area (Å²) < 4.78 is 0. The fraction of sp³-hybridized carbons (Fsp3) is 0.346. The Morgan fingerprint density at radius 3 is 2.31 bits per heavy atom. The van der Waals surface area contributed by atoms with E-state index in [4.69, 9.17) is 10.8 Å². The molecule has 0 spiro atoms. The summed E-state index contributed by atoms with van der Waals surface area (Å²) in [5.74, 6) is -1.46. The summed E-state index contributed by atoms with van der Waals surface area (Å²) in [6, 6.07) is 17.9. The molecule has 3 rings (SSSR count). The first-order valence-corrected chi connectivity index (χ1v) is 10.9. The number of hydrogen-bond donors (Lipinski definition) is 2. The van der Waals surface area contributed by atoms with Crippen molar-refractivity contribution in [1.29, 1.82) is 0 Å². The Hall–Kier alpha value is -3.25. The predicted octanol–water partition coefficient (Wildman–Crippen LogP) is 3.93. The van der Waals surface area contributed by atoms with Crippen LogP contribution in [0.15, 0.2) is 65.2 Å². The summed E-state index contributed by atoms with van der Waals surface area (Å²) in [5, 5.41) is 8.97. The third-order valence-electron chi connectivity index (χ3n) is 5.81. The zero-order chi connectivity index (χ0) is 23.3. The molecule has 3 N–H and O–H groups in total. The summed E-state index contributed by atoms with van der Waals surface area (Å²) in [6.07, 6.45) is 1.96. The quantitative estimate of drug-likeness (QED) is 0.617. The van der Waals surface area contributed by atoms with Crippen LogP contribution in [-0.4, -0.2) is 41.2 Å². The highest BCUT2D eigenvalue weighted by atomic mass is 16.4. The lowest BCUT2D eigenvalue weighted by molar-refractivity contribution is -0.154. The van der Waals surface area contributed by atoms with E-state index in [9.17, 15) is 9.59 Å². The lowest BCUT2D eigenvalue weighted by Crippen LogP contribution is -2.54. The SMILES string of the molecule is CC(C)=C(/C=N\C(N)c1ccc(C[C@H](C)C(=O)N2CC(C(=O)O)C2)cc1)c1ccccc1. The van der Waals surface area contributed by atoms with Crippen molar-refractivity contribution in [1.82, 2.24) is 4.90 Å². The van der Waals surface area contributed by atoms with E-state index in [1.807, 2.05) is 55.6 Å². The van der Waals surface area contributed by atoms with Crippen LogP contribution in [0.2, 0.25) is 0 Å². The van der Waals surface area contributed by atoms with Crippen molar-refractivity contribution in [3.05, 3.63) is 76.9 Å². The van der Waals surface area contributed by atoms with Gasteiger partial charge in [-0.1, -0.05) is 67.1 Å². The molecule has 1 aliphatic rings. The Morgan fingerprint density at radius 1 is 1.12 bits per heavy atom. The van der Waals surface area contributed by atoms with Crippen LogP contribution in [0, 0.1) is 11.8 Å². The van der Waals surface area contributed by atoms with Crippen LogP contribution in [0.3, 0.4) is 0 Å². The van der Waals surface area contributed by atoms with Gasteiger partial charge < -0.3 is 15.7 Å². The standard InChI is InChI=1S/C26H31N3O3/c1-17(2)23(20-7-5-4-6-8-20)14-28-24(27)21-11-9-19(10-12-21)13-18(3)25(30)29-15-22(16-29)26(31)32/h4-12,14,18,22,24H,13,15-16,27H2,1-3H3,(H,31,32)/b28-14-/t18-,24?/m0/s1. The van der Waals surface area contributed by atoms with Crippen LogP contribution in [-0.2, 0) is 16.0 Å². The Kier molecular flexibility index (Phi) is 7.59. The third-order valence-corrected chi connectivity index (χ3v) is 5.81. The highest BCUT2D eigenvalue weighted by Crippen LogP contribution is 2.22. The fourth-order valence-electron chi connectivity index (χ4n) is 3.77. The number of likely N-dealkylation sites (tertiary alicyclic amines) is 1. The second-order valence-electron chi connectivity index (χ2n) is 8.63. The van der Waals surface area contributed by atoms with Crippen molar-refractivity contribution >= 4 is 23.7 Å².